The molecule has 3 nitrogen and oxygen atoms in total. The molecule has 0 saturated heterocycles. The fourth-order valence-electron chi connectivity index (χ4n) is 1.96. The van der Waals surface area contributed by atoms with Gasteiger partial charge in [-0.1, -0.05) is 53.5 Å². The molecule has 0 aromatic heterocycles. The maximum atomic E-state index is 11.9. The summed E-state index contributed by atoms with van der Waals surface area (Å²) < 4.78 is 0. The first-order chi connectivity index (χ1) is 9.45. The van der Waals surface area contributed by atoms with Gasteiger partial charge in [0.1, 0.15) is 5.54 Å². The highest BCUT2D eigenvalue weighted by atomic mass is 35.5. The van der Waals surface area contributed by atoms with E-state index in [0.29, 0.717) is 15.6 Å². The van der Waals surface area contributed by atoms with Crippen LogP contribution in [-0.4, -0.2) is 5.91 Å². The van der Waals surface area contributed by atoms with E-state index in [1.807, 2.05) is 30.3 Å². The number of carbonyl (C=O) groups excluding carboxylic acids is 1. The van der Waals surface area contributed by atoms with Gasteiger partial charge in [0.25, 0.3) is 0 Å². The van der Waals surface area contributed by atoms with Crippen molar-refractivity contribution in [1.82, 2.24) is 0 Å². The zero-order chi connectivity index (χ0) is 14.8. The van der Waals surface area contributed by atoms with Crippen molar-refractivity contribution in [3.8, 4) is 0 Å². The molecule has 1 atom stereocenters. The quantitative estimate of drug-likeness (QED) is 0.902. The Balaban J connectivity index is 2.50. The number of nitrogens with one attached hydrogen (secondary N) is 1. The highest BCUT2D eigenvalue weighted by molar-refractivity contribution is 6.42. The molecule has 1 amide bonds. The minimum absolute atomic E-state index is 0.318. The maximum Gasteiger partial charge on any atom is 0.247 e. The van der Waals surface area contributed by atoms with Gasteiger partial charge in [-0.15, -0.1) is 0 Å². The van der Waals surface area contributed by atoms with Gasteiger partial charge in [-0.3, -0.25) is 4.79 Å². The van der Waals surface area contributed by atoms with Crippen molar-refractivity contribution in [3.05, 3.63) is 64.1 Å². The predicted molar refractivity (Wildman–Crippen MR) is 83.1 cm³/mol. The third-order valence-corrected chi connectivity index (χ3v) is 3.97. The summed E-state index contributed by atoms with van der Waals surface area (Å²) in [5, 5.41) is 3.82. The summed E-state index contributed by atoms with van der Waals surface area (Å²) >= 11 is 12.2. The molecule has 3 N–H and O–H groups in total. The van der Waals surface area contributed by atoms with Crippen LogP contribution in [0.1, 0.15) is 12.5 Å². The molecule has 1 unspecified atom stereocenters. The average Bonchev–Trinajstić information content (AvgIpc) is 2.42. The van der Waals surface area contributed by atoms with Gasteiger partial charge >= 0.3 is 0 Å². The highest BCUT2D eigenvalue weighted by Crippen LogP contribution is 2.35. The molecule has 2 rings (SSSR count). The van der Waals surface area contributed by atoms with Gasteiger partial charge in [-0.05, 0) is 25.1 Å². The third-order valence-electron chi connectivity index (χ3n) is 3.15. The summed E-state index contributed by atoms with van der Waals surface area (Å²) in [6, 6.07) is 14.4. The first-order valence-corrected chi connectivity index (χ1v) is 6.78. The molecule has 2 aromatic rings. The van der Waals surface area contributed by atoms with E-state index in [1.54, 1.807) is 25.1 Å². The molecular formula is C15H14Cl2N2O. The Hall–Kier alpha value is -1.71. The Morgan fingerprint density at radius 3 is 2.35 bits per heavy atom. The smallest absolute Gasteiger partial charge is 0.247 e. The van der Waals surface area contributed by atoms with E-state index in [4.69, 9.17) is 28.9 Å². The van der Waals surface area contributed by atoms with Crippen molar-refractivity contribution in [3.63, 3.8) is 0 Å². The Kier molecular flexibility index (Phi) is 4.21. The Morgan fingerprint density at radius 1 is 1.10 bits per heavy atom. The van der Waals surface area contributed by atoms with Crippen molar-refractivity contribution < 1.29 is 4.79 Å². The minimum Gasteiger partial charge on any atom is -0.368 e. The van der Waals surface area contributed by atoms with Crippen LogP contribution in [0.15, 0.2) is 48.5 Å². The van der Waals surface area contributed by atoms with Gasteiger partial charge in [0.2, 0.25) is 5.91 Å². The number of para-hydroxylation sites is 1. The molecule has 20 heavy (non-hydrogen) atoms. The number of carbonyl (C=O) groups is 1. The summed E-state index contributed by atoms with van der Waals surface area (Å²) in [6.45, 7) is 1.68. The second-order valence-corrected chi connectivity index (χ2v) is 5.37. The van der Waals surface area contributed by atoms with Crippen LogP contribution in [0.3, 0.4) is 0 Å². The molecule has 104 valence electrons. The molecular weight excluding hydrogens is 295 g/mol. The van der Waals surface area contributed by atoms with Gasteiger partial charge in [-0.25, -0.2) is 0 Å². The topological polar surface area (TPSA) is 55.1 Å². The second kappa shape index (κ2) is 5.73. The summed E-state index contributed by atoms with van der Waals surface area (Å²) in [7, 11) is 0. The average molecular weight is 309 g/mol. The zero-order valence-electron chi connectivity index (χ0n) is 10.9. The zero-order valence-corrected chi connectivity index (χ0v) is 12.4. The number of hydrogen-bond acceptors (Lipinski definition) is 2. The van der Waals surface area contributed by atoms with E-state index in [0.717, 1.165) is 5.69 Å². The number of anilines is 1. The normalized spacial score (nSPS) is 13.6. The third kappa shape index (κ3) is 2.74. The van der Waals surface area contributed by atoms with Crippen molar-refractivity contribution in [2.24, 2.45) is 5.73 Å². The van der Waals surface area contributed by atoms with Gasteiger partial charge < -0.3 is 11.1 Å². The Morgan fingerprint density at radius 2 is 1.75 bits per heavy atom. The van der Waals surface area contributed by atoms with Gasteiger partial charge in [-0.2, -0.15) is 0 Å². The van der Waals surface area contributed by atoms with E-state index in [1.165, 1.54) is 0 Å². The summed E-state index contributed by atoms with van der Waals surface area (Å²) in [4.78, 5) is 11.9. The molecule has 0 bridgehead atoms. The molecule has 5 heteroatoms. The lowest BCUT2D eigenvalue weighted by Crippen LogP contribution is -2.45. The van der Waals surface area contributed by atoms with E-state index in [9.17, 15) is 4.79 Å². The van der Waals surface area contributed by atoms with E-state index >= 15 is 0 Å². The largest absolute Gasteiger partial charge is 0.368 e. The first-order valence-electron chi connectivity index (χ1n) is 6.03. The van der Waals surface area contributed by atoms with Crippen LogP contribution in [0, 0.1) is 0 Å². The predicted octanol–water partition coefficient (Wildman–Crippen LogP) is 3.81. The fourth-order valence-corrected chi connectivity index (χ4v) is 2.45. The number of benzene rings is 2. The van der Waals surface area contributed by atoms with Crippen LogP contribution in [0.4, 0.5) is 5.69 Å². The van der Waals surface area contributed by atoms with E-state index in [2.05, 4.69) is 5.32 Å². The minimum atomic E-state index is -1.15. The lowest BCUT2D eigenvalue weighted by Gasteiger charge is -2.30. The van der Waals surface area contributed by atoms with Crippen LogP contribution in [0.25, 0.3) is 0 Å². The second-order valence-electron chi connectivity index (χ2n) is 4.58. The molecule has 0 aliphatic heterocycles. The fraction of sp³-hybridized carbons (Fsp3) is 0.133. The summed E-state index contributed by atoms with van der Waals surface area (Å²) in [6.07, 6.45) is 0. The molecule has 0 spiro atoms. The van der Waals surface area contributed by atoms with Crippen molar-refractivity contribution in [2.45, 2.75) is 12.5 Å². The number of primary amides is 1. The first kappa shape index (κ1) is 14.7. The van der Waals surface area contributed by atoms with Crippen LogP contribution in [-0.2, 0) is 10.3 Å². The summed E-state index contributed by atoms with van der Waals surface area (Å²) in [5.74, 6) is -0.537. The van der Waals surface area contributed by atoms with Crippen LogP contribution < -0.4 is 11.1 Å². The molecule has 0 saturated carbocycles. The van der Waals surface area contributed by atoms with Crippen LogP contribution in [0.5, 0.6) is 0 Å². The Labute approximate surface area is 127 Å². The lowest BCUT2D eigenvalue weighted by atomic mass is 9.90. The Bertz CT molecular complexity index is 631. The maximum absolute atomic E-state index is 11.9. The number of amides is 1. The van der Waals surface area contributed by atoms with Crippen molar-refractivity contribution >= 4 is 34.8 Å². The lowest BCUT2D eigenvalue weighted by molar-refractivity contribution is -0.122. The molecule has 0 fully saturated rings. The standard InChI is InChI=1S/C15H14Cl2N2O/c1-15(14(18)20,19-10-6-3-2-4-7-10)11-8-5-9-12(16)13(11)17/h2-9,19H,1H3,(H2,18,20). The SMILES string of the molecule is CC(Nc1ccccc1)(C(N)=O)c1cccc(Cl)c1Cl. The molecule has 0 radical (unpaired) electrons. The molecule has 0 heterocycles. The van der Waals surface area contributed by atoms with Gasteiger partial charge in [0, 0.05) is 11.3 Å². The molecule has 2 aromatic carbocycles. The van der Waals surface area contributed by atoms with Crippen molar-refractivity contribution in [2.75, 3.05) is 5.32 Å². The van der Waals surface area contributed by atoms with Crippen LogP contribution in [0.2, 0.25) is 10.0 Å². The van der Waals surface area contributed by atoms with Gasteiger partial charge in [0.15, 0.2) is 0 Å². The number of halogens is 2. The van der Waals surface area contributed by atoms with E-state index in [-0.39, 0.29) is 0 Å². The number of hydrogen-bond donors (Lipinski definition) is 2. The number of nitrogens with two attached hydrogens (primary N) is 1. The molecule has 0 aliphatic carbocycles. The van der Waals surface area contributed by atoms with Crippen molar-refractivity contribution in [1.29, 1.82) is 0 Å². The summed E-state index contributed by atoms with van der Waals surface area (Å²) in [5.41, 5.74) is 5.73. The van der Waals surface area contributed by atoms with Gasteiger partial charge in [0.05, 0.1) is 10.0 Å². The van der Waals surface area contributed by atoms with Crippen LogP contribution >= 0.6 is 23.2 Å². The monoisotopic (exact) mass is 308 g/mol. The highest BCUT2D eigenvalue weighted by Gasteiger charge is 2.35. The van der Waals surface area contributed by atoms with E-state index < -0.39 is 11.4 Å². The number of rotatable bonds is 4. The molecule has 0 aliphatic rings.